The minimum Gasteiger partial charge on any atom is -0.478 e. The quantitative estimate of drug-likeness (QED) is 0.756. The molecule has 0 aromatic heterocycles. The van der Waals surface area contributed by atoms with Crippen molar-refractivity contribution in [3.63, 3.8) is 0 Å². The van der Waals surface area contributed by atoms with Gasteiger partial charge in [-0.15, -0.1) is 0 Å². The fourth-order valence-corrected chi connectivity index (χ4v) is 2.59. The summed E-state index contributed by atoms with van der Waals surface area (Å²) in [4.78, 5) is 15.8. The van der Waals surface area contributed by atoms with Crippen LogP contribution in [0.5, 0.6) is 0 Å². The van der Waals surface area contributed by atoms with E-state index in [2.05, 4.69) is 23.6 Å². The van der Waals surface area contributed by atoms with Crippen LogP contribution in [-0.4, -0.2) is 48.7 Å². The lowest BCUT2D eigenvalue weighted by Gasteiger charge is -2.26. The van der Waals surface area contributed by atoms with Gasteiger partial charge >= 0.3 is 5.97 Å². The van der Waals surface area contributed by atoms with Crippen molar-refractivity contribution in [3.05, 3.63) is 28.8 Å². The third-order valence-corrected chi connectivity index (χ3v) is 3.94. The summed E-state index contributed by atoms with van der Waals surface area (Å²) in [6.07, 6.45) is 1.00. The Morgan fingerprint density at radius 3 is 2.33 bits per heavy atom. The summed E-state index contributed by atoms with van der Waals surface area (Å²) in [6, 6.07) is 4.94. The first kappa shape index (κ1) is 17.8. The third kappa shape index (κ3) is 5.21. The van der Waals surface area contributed by atoms with Crippen LogP contribution in [0, 0.1) is 0 Å². The van der Waals surface area contributed by atoms with Crippen molar-refractivity contribution in [1.29, 1.82) is 0 Å². The van der Waals surface area contributed by atoms with E-state index in [0.717, 1.165) is 39.1 Å². The highest BCUT2D eigenvalue weighted by molar-refractivity contribution is 6.31. The first-order chi connectivity index (χ1) is 10.0. The molecule has 1 aromatic rings. The molecule has 0 saturated heterocycles. The molecular formula is C16H25ClN2O2. The number of anilines is 1. The number of aromatic carboxylic acids is 1. The molecule has 0 bridgehead atoms. The molecule has 0 unspecified atom stereocenters. The topological polar surface area (TPSA) is 43.8 Å². The minimum atomic E-state index is -0.913. The highest BCUT2D eigenvalue weighted by Crippen LogP contribution is 2.25. The lowest BCUT2D eigenvalue weighted by Crippen LogP contribution is -2.30. The van der Waals surface area contributed by atoms with Crippen LogP contribution in [0.15, 0.2) is 18.2 Å². The van der Waals surface area contributed by atoms with Crippen molar-refractivity contribution < 1.29 is 9.90 Å². The second kappa shape index (κ2) is 8.90. The minimum absolute atomic E-state index is 0.309. The van der Waals surface area contributed by atoms with Gasteiger partial charge in [-0.25, -0.2) is 4.79 Å². The lowest BCUT2D eigenvalue weighted by molar-refractivity contribution is 0.0697. The lowest BCUT2D eigenvalue weighted by atomic mass is 10.1. The monoisotopic (exact) mass is 312 g/mol. The van der Waals surface area contributed by atoms with Crippen molar-refractivity contribution >= 4 is 23.3 Å². The van der Waals surface area contributed by atoms with Crippen LogP contribution < -0.4 is 4.90 Å². The van der Waals surface area contributed by atoms with Gasteiger partial charge in [0.25, 0.3) is 0 Å². The average molecular weight is 313 g/mol. The molecule has 21 heavy (non-hydrogen) atoms. The predicted octanol–water partition coefficient (Wildman–Crippen LogP) is 3.60. The Balaban J connectivity index is 2.80. The van der Waals surface area contributed by atoms with E-state index >= 15 is 0 Å². The standard InChI is InChI=1S/C16H25ClN2O2/c1-4-18(5-2)10-7-11-19(6-3)15-12-13(17)8-9-14(15)16(20)21/h8-9,12H,4-7,10-11H2,1-3H3,(H,20,21). The van der Waals surface area contributed by atoms with E-state index in [9.17, 15) is 9.90 Å². The summed E-state index contributed by atoms with van der Waals surface area (Å²) in [5, 5.41) is 9.88. The molecule has 0 spiro atoms. The Bertz CT molecular complexity index is 462. The van der Waals surface area contributed by atoms with Gasteiger partial charge in [-0.2, -0.15) is 0 Å². The number of hydrogen-bond donors (Lipinski definition) is 1. The molecule has 4 nitrogen and oxygen atoms in total. The molecule has 0 fully saturated rings. The number of nitrogens with zero attached hydrogens (tertiary/aromatic N) is 2. The normalized spacial score (nSPS) is 10.9. The van der Waals surface area contributed by atoms with Gasteiger partial charge in [-0.05, 0) is 51.2 Å². The SMILES string of the molecule is CCN(CC)CCCN(CC)c1cc(Cl)ccc1C(=O)O. The number of halogens is 1. The maximum absolute atomic E-state index is 11.4. The second-order valence-electron chi connectivity index (χ2n) is 4.93. The highest BCUT2D eigenvalue weighted by Gasteiger charge is 2.15. The van der Waals surface area contributed by atoms with Crippen LogP contribution in [0.25, 0.3) is 0 Å². The molecule has 0 aliphatic carbocycles. The summed E-state index contributed by atoms with van der Waals surface area (Å²) in [7, 11) is 0. The van der Waals surface area contributed by atoms with Crippen molar-refractivity contribution in [3.8, 4) is 0 Å². The summed E-state index contributed by atoms with van der Waals surface area (Å²) in [6.45, 7) is 11.0. The largest absolute Gasteiger partial charge is 0.478 e. The van der Waals surface area contributed by atoms with Crippen LogP contribution in [0.1, 0.15) is 37.6 Å². The molecule has 1 aromatic carbocycles. The summed E-state index contributed by atoms with van der Waals surface area (Å²) >= 11 is 6.02. The third-order valence-electron chi connectivity index (χ3n) is 3.71. The Morgan fingerprint density at radius 2 is 1.81 bits per heavy atom. The molecule has 1 rings (SSSR count). The first-order valence-electron chi connectivity index (χ1n) is 7.53. The maximum atomic E-state index is 11.4. The number of carboxylic acid groups (broad SMARTS) is 1. The molecule has 118 valence electrons. The summed E-state index contributed by atoms with van der Waals surface area (Å²) in [5.41, 5.74) is 1.01. The highest BCUT2D eigenvalue weighted by atomic mass is 35.5. The fraction of sp³-hybridized carbons (Fsp3) is 0.562. The molecule has 5 heteroatoms. The van der Waals surface area contributed by atoms with Crippen LogP contribution in [0.2, 0.25) is 5.02 Å². The molecule has 0 radical (unpaired) electrons. The van der Waals surface area contributed by atoms with Crippen LogP contribution in [0.3, 0.4) is 0 Å². The second-order valence-corrected chi connectivity index (χ2v) is 5.36. The van der Waals surface area contributed by atoms with Gasteiger partial charge in [0, 0.05) is 18.1 Å². The zero-order valence-electron chi connectivity index (χ0n) is 13.1. The van der Waals surface area contributed by atoms with E-state index in [0.29, 0.717) is 16.3 Å². The smallest absolute Gasteiger partial charge is 0.337 e. The predicted molar refractivity (Wildman–Crippen MR) is 88.7 cm³/mol. The van der Waals surface area contributed by atoms with E-state index < -0.39 is 5.97 Å². The first-order valence-corrected chi connectivity index (χ1v) is 7.91. The van der Waals surface area contributed by atoms with Gasteiger partial charge in [0.1, 0.15) is 0 Å². The van der Waals surface area contributed by atoms with Gasteiger partial charge in [0.2, 0.25) is 0 Å². The average Bonchev–Trinajstić information content (AvgIpc) is 2.47. The van der Waals surface area contributed by atoms with E-state index in [1.165, 1.54) is 0 Å². The molecule has 0 saturated carbocycles. The van der Waals surface area contributed by atoms with E-state index in [1.807, 2.05) is 6.92 Å². The van der Waals surface area contributed by atoms with E-state index in [4.69, 9.17) is 11.6 Å². The van der Waals surface area contributed by atoms with Crippen LogP contribution >= 0.6 is 11.6 Å². The molecule has 1 N–H and O–H groups in total. The van der Waals surface area contributed by atoms with Crippen LogP contribution in [-0.2, 0) is 0 Å². The van der Waals surface area contributed by atoms with Gasteiger partial charge < -0.3 is 14.9 Å². The van der Waals surface area contributed by atoms with Crippen molar-refractivity contribution in [2.24, 2.45) is 0 Å². The number of carboxylic acids is 1. The molecule has 0 amide bonds. The summed E-state index contributed by atoms with van der Waals surface area (Å²) in [5.74, 6) is -0.913. The number of benzene rings is 1. The Labute approximate surface area is 132 Å². The number of rotatable bonds is 9. The molecule has 0 aliphatic heterocycles. The van der Waals surface area contributed by atoms with Crippen molar-refractivity contribution in [2.45, 2.75) is 27.2 Å². The van der Waals surface area contributed by atoms with Gasteiger partial charge in [0.15, 0.2) is 0 Å². The van der Waals surface area contributed by atoms with Crippen LogP contribution in [0.4, 0.5) is 5.69 Å². The Morgan fingerprint density at radius 1 is 1.14 bits per heavy atom. The van der Waals surface area contributed by atoms with Gasteiger partial charge in [-0.1, -0.05) is 25.4 Å². The zero-order chi connectivity index (χ0) is 15.8. The van der Waals surface area contributed by atoms with Gasteiger partial charge in [0.05, 0.1) is 11.3 Å². The van der Waals surface area contributed by atoms with Crippen molar-refractivity contribution in [1.82, 2.24) is 4.90 Å². The zero-order valence-corrected chi connectivity index (χ0v) is 13.9. The Hall–Kier alpha value is -1.26. The number of hydrogen-bond acceptors (Lipinski definition) is 3. The van der Waals surface area contributed by atoms with E-state index in [-0.39, 0.29) is 0 Å². The van der Waals surface area contributed by atoms with Gasteiger partial charge in [-0.3, -0.25) is 0 Å². The van der Waals surface area contributed by atoms with E-state index in [1.54, 1.807) is 18.2 Å². The molecular weight excluding hydrogens is 288 g/mol. The van der Waals surface area contributed by atoms with Crippen molar-refractivity contribution in [2.75, 3.05) is 37.6 Å². The maximum Gasteiger partial charge on any atom is 0.337 e. The Kier molecular flexibility index (Phi) is 7.54. The fourth-order valence-electron chi connectivity index (χ4n) is 2.42. The summed E-state index contributed by atoms with van der Waals surface area (Å²) < 4.78 is 0. The number of carbonyl (C=O) groups is 1. The molecule has 0 atom stereocenters. The molecule has 0 heterocycles. The molecule has 0 aliphatic rings.